The van der Waals surface area contributed by atoms with Gasteiger partial charge >= 0.3 is 0 Å². The predicted molar refractivity (Wildman–Crippen MR) is 162 cm³/mol. The van der Waals surface area contributed by atoms with Crippen LogP contribution in [0.5, 0.6) is 0 Å². The Kier molecular flexibility index (Phi) is 9.77. The molecular formula is C33H43N5O5. The van der Waals surface area contributed by atoms with Crippen molar-refractivity contribution in [1.82, 2.24) is 25.8 Å². The smallest absolute Gasteiger partial charge is 0.247 e. The average molecular weight is 590 g/mol. The second-order valence-electron chi connectivity index (χ2n) is 12.0. The average Bonchev–Trinajstić information content (AvgIpc) is 3.71. The Labute approximate surface area is 253 Å². The van der Waals surface area contributed by atoms with Crippen LogP contribution in [0.4, 0.5) is 0 Å². The number of nitrogens with one attached hydrogen (secondary N) is 3. The van der Waals surface area contributed by atoms with Gasteiger partial charge in [-0.2, -0.15) is 0 Å². The highest BCUT2D eigenvalue weighted by Crippen LogP contribution is 2.36. The molecule has 3 fully saturated rings. The molecule has 10 heteroatoms. The fourth-order valence-electron chi connectivity index (χ4n) is 6.59. The van der Waals surface area contributed by atoms with E-state index in [-0.39, 0.29) is 49.1 Å². The fraction of sp³-hybridized carbons (Fsp3) is 0.515. The Morgan fingerprint density at radius 2 is 1.67 bits per heavy atom. The zero-order valence-corrected chi connectivity index (χ0v) is 25.1. The molecule has 2 aromatic rings. The van der Waals surface area contributed by atoms with E-state index in [9.17, 15) is 19.2 Å². The van der Waals surface area contributed by atoms with E-state index >= 15 is 0 Å². The first-order valence-electron chi connectivity index (χ1n) is 15.4. The molecule has 3 saturated heterocycles. The van der Waals surface area contributed by atoms with Crippen LogP contribution in [0.15, 0.2) is 60.7 Å². The van der Waals surface area contributed by atoms with E-state index in [4.69, 9.17) is 4.74 Å². The van der Waals surface area contributed by atoms with Crippen molar-refractivity contribution in [3.05, 3.63) is 71.8 Å². The number of likely N-dealkylation sites (N-methyl/N-ethyl adjacent to an activating group) is 1. The molecule has 3 heterocycles. The minimum Gasteiger partial charge on any atom is -0.381 e. The van der Waals surface area contributed by atoms with Gasteiger partial charge in [0.15, 0.2) is 0 Å². The minimum absolute atomic E-state index is 0.0570. The lowest BCUT2D eigenvalue weighted by atomic mass is 9.87. The monoisotopic (exact) mass is 589 g/mol. The summed E-state index contributed by atoms with van der Waals surface area (Å²) >= 11 is 0. The van der Waals surface area contributed by atoms with E-state index in [0.29, 0.717) is 39.0 Å². The summed E-state index contributed by atoms with van der Waals surface area (Å²) in [4.78, 5) is 58.6. The summed E-state index contributed by atoms with van der Waals surface area (Å²) in [6, 6.07) is 17.7. The Morgan fingerprint density at radius 3 is 2.28 bits per heavy atom. The van der Waals surface area contributed by atoms with E-state index < -0.39 is 23.7 Å². The van der Waals surface area contributed by atoms with Crippen molar-refractivity contribution in [3.8, 4) is 0 Å². The number of fused-ring (bicyclic) bond motifs is 1. The molecule has 0 bridgehead atoms. The first-order chi connectivity index (χ1) is 20.8. The first kappa shape index (κ1) is 30.7. The number of carbonyl (C=O) groups is 4. The van der Waals surface area contributed by atoms with E-state index in [1.165, 1.54) is 0 Å². The van der Waals surface area contributed by atoms with Gasteiger partial charge < -0.3 is 30.5 Å². The van der Waals surface area contributed by atoms with Crippen LogP contribution in [0.25, 0.3) is 0 Å². The van der Waals surface area contributed by atoms with Crippen molar-refractivity contribution in [1.29, 1.82) is 0 Å². The highest BCUT2D eigenvalue weighted by atomic mass is 16.5. The number of carbonyl (C=O) groups excluding carboxylic acids is 4. The number of amides is 4. The van der Waals surface area contributed by atoms with Crippen LogP contribution in [0, 0.1) is 5.92 Å². The first-order valence-corrected chi connectivity index (χ1v) is 15.4. The maximum Gasteiger partial charge on any atom is 0.247 e. The normalized spacial score (nSPS) is 24.7. The third-order valence-electron chi connectivity index (χ3n) is 9.16. The van der Waals surface area contributed by atoms with Crippen LogP contribution < -0.4 is 16.0 Å². The van der Waals surface area contributed by atoms with Crippen LogP contribution in [0.3, 0.4) is 0 Å². The zero-order chi connectivity index (χ0) is 30.4. The number of benzene rings is 2. The number of hydrogen-bond donors (Lipinski definition) is 3. The molecule has 4 atom stereocenters. The summed E-state index contributed by atoms with van der Waals surface area (Å²) in [5, 5.41) is 9.20. The van der Waals surface area contributed by atoms with E-state index in [1.807, 2.05) is 60.7 Å². The van der Waals surface area contributed by atoms with Gasteiger partial charge in [-0.3, -0.25) is 19.2 Å². The lowest BCUT2D eigenvalue weighted by Crippen LogP contribution is -2.66. The second-order valence-corrected chi connectivity index (χ2v) is 12.0. The molecule has 3 N–H and O–H groups in total. The molecule has 3 aliphatic rings. The Bertz CT molecular complexity index is 1250. The van der Waals surface area contributed by atoms with E-state index in [0.717, 1.165) is 17.5 Å². The summed E-state index contributed by atoms with van der Waals surface area (Å²) in [5.74, 6) is -0.886. The van der Waals surface area contributed by atoms with Crippen LogP contribution in [0.1, 0.15) is 56.2 Å². The molecule has 10 nitrogen and oxygen atoms in total. The fourth-order valence-corrected chi connectivity index (χ4v) is 6.59. The van der Waals surface area contributed by atoms with Crippen molar-refractivity contribution in [3.63, 3.8) is 0 Å². The Hall–Kier alpha value is -3.76. The molecule has 2 aromatic carbocycles. The molecule has 0 saturated carbocycles. The molecule has 0 aliphatic carbocycles. The standard InChI is InChI=1S/C33H43N5O5/c1-23(34-2)30(40)37-18-16-33(32(42)36-29(25-10-5-3-6-11-25)26-12-7-4-8-13-26)15-9-17-38(33)31(41)27(21-37)35-28(39)20-24-14-19-43-22-24/h3-8,10-13,23-24,27,29,34H,9,14-22H2,1-2H3,(H,35,39)(H,36,42)/t23-,24?,27+,33+/m1/s1. The predicted octanol–water partition coefficient (Wildman–Crippen LogP) is 2.01. The minimum atomic E-state index is -1.15. The highest BCUT2D eigenvalue weighted by molar-refractivity contribution is 5.96. The van der Waals surface area contributed by atoms with Crippen molar-refractivity contribution in [2.75, 3.05) is 39.9 Å². The van der Waals surface area contributed by atoms with Gasteiger partial charge in [0.1, 0.15) is 11.6 Å². The number of hydrogen-bond acceptors (Lipinski definition) is 6. The summed E-state index contributed by atoms with van der Waals surface area (Å²) < 4.78 is 5.43. The van der Waals surface area contributed by atoms with Gasteiger partial charge in [0, 0.05) is 39.3 Å². The molecule has 3 aliphatic heterocycles. The van der Waals surface area contributed by atoms with Gasteiger partial charge in [-0.05, 0) is 56.7 Å². The van der Waals surface area contributed by atoms with Gasteiger partial charge in [-0.1, -0.05) is 60.7 Å². The van der Waals surface area contributed by atoms with Crippen molar-refractivity contribution < 1.29 is 23.9 Å². The Morgan fingerprint density at radius 1 is 1.00 bits per heavy atom. The second kappa shape index (κ2) is 13.7. The van der Waals surface area contributed by atoms with Crippen LogP contribution in [0.2, 0.25) is 0 Å². The summed E-state index contributed by atoms with van der Waals surface area (Å²) in [5.41, 5.74) is 0.713. The Balaban J connectivity index is 1.45. The van der Waals surface area contributed by atoms with E-state index in [2.05, 4.69) is 16.0 Å². The van der Waals surface area contributed by atoms with E-state index in [1.54, 1.807) is 23.8 Å². The molecule has 0 spiro atoms. The molecule has 1 unspecified atom stereocenters. The quantitative estimate of drug-likeness (QED) is 0.412. The molecule has 5 rings (SSSR count). The molecule has 230 valence electrons. The lowest BCUT2D eigenvalue weighted by Gasteiger charge is -2.44. The molecule has 43 heavy (non-hydrogen) atoms. The van der Waals surface area contributed by atoms with Crippen LogP contribution >= 0.6 is 0 Å². The lowest BCUT2D eigenvalue weighted by molar-refractivity contribution is -0.152. The highest BCUT2D eigenvalue weighted by Gasteiger charge is 2.53. The third kappa shape index (κ3) is 6.75. The van der Waals surface area contributed by atoms with Gasteiger partial charge in [0.05, 0.1) is 12.1 Å². The van der Waals surface area contributed by atoms with Gasteiger partial charge in [-0.25, -0.2) is 0 Å². The van der Waals surface area contributed by atoms with Crippen LogP contribution in [-0.2, 0) is 23.9 Å². The maximum atomic E-state index is 14.5. The molecule has 4 amide bonds. The maximum absolute atomic E-state index is 14.5. The third-order valence-corrected chi connectivity index (χ3v) is 9.16. The van der Waals surface area contributed by atoms with Crippen molar-refractivity contribution in [2.24, 2.45) is 5.92 Å². The largest absolute Gasteiger partial charge is 0.381 e. The topological polar surface area (TPSA) is 120 Å². The van der Waals surface area contributed by atoms with Gasteiger partial charge in [0.2, 0.25) is 23.6 Å². The van der Waals surface area contributed by atoms with Crippen molar-refractivity contribution >= 4 is 23.6 Å². The van der Waals surface area contributed by atoms with Crippen LogP contribution in [-0.4, -0.2) is 90.9 Å². The summed E-state index contributed by atoms with van der Waals surface area (Å²) in [6.45, 7) is 3.68. The number of nitrogens with zero attached hydrogens (tertiary/aromatic N) is 2. The van der Waals surface area contributed by atoms with Crippen molar-refractivity contribution in [2.45, 2.75) is 62.7 Å². The molecule has 0 radical (unpaired) electrons. The molecular weight excluding hydrogens is 546 g/mol. The van der Waals surface area contributed by atoms with Gasteiger partial charge in [-0.15, -0.1) is 0 Å². The number of rotatable bonds is 9. The summed E-state index contributed by atoms with van der Waals surface area (Å²) in [6.07, 6.45) is 2.50. The van der Waals surface area contributed by atoms with Gasteiger partial charge in [0.25, 0.3) is 0 Å². The molecule has 0 aromatic heterocycles. The summed E-state index contributed by atoms with van der Waals surface area (Å²) in [7, 11) is 1.71. The number of ether oxygens (including phenoxy) is 1. The SMILES string of the molecule is CN[C@H](C)C(=O)N1CC[C@]2(C(=O)NC(c3ccccc3)c3ccccc3)CCCN2C(=O)[C@@H](NC(=O)CC2CCOC2)C1. The zero-order valence-electron chi connectivity index (χ0n) is 25.1.